The monoisotopic (exact) mass is 343 g/mol. The maximum atomic E-state index is 13.0. The van der Waals surface area contributed by atoms with Crippen molar-refractivity contribution in [3.8, 4) is 5.69 Å². The molecule has 1 aromatic carbocycles. The number of hydrogen-bond acceptors (Lipinski definition) is 3. The van der Waals surface area contributed by atoms with E-state index in [9.17, 15) is 9.59 Å². The van der Waals surface area contributed by atoms with Crippen molar-refractivity contribution in [3.63, 3.8) is 0 Å². The van der Waals surface area contributed by atoms with Crippen LogP contribution in [0.15, 0.2) is 30.5 Å². The van der Waals surface area contributed by atoms with E-state index in [0.717, 1.165) is 18.5 Å². The van der Waals surface area contributed by atoms with Gasteiger partial charge in [0.2, 0.25) is 0 Å². The molecule has 1 amide bonds. The molecular weight excluding hydrogens is 326 g/mol. The number of benzene rings is 1. The molecule has 24 heavy (non-hydrogen) atoms. The predicted molar refractivity (Wildman–Crippen MR) is 90.5 cm³/mol. The van der Waals surface area contributed by atoms with E-state index in [1.807, 2.05) is 24.0 Å². The Balaban J connectivity index is 1.64. The van der Waals surface area contributed by atoms with Crippen molar-refractivity contribution < 1.29 is 9.59 Å². The van der Waals surface area contributed by atoms with Crippen molar-refractivity contribution in [1.82, 2.24) is 14.7 Å². The van der Waals surface area contributed by atoms with Crippen molar-refractivity contribution in [3.05, 3.63) is 46.7 Å². The number of carbonyl (C=O) groups is 2. The second-order valence-electron chi connectivity index (χ2n) is 6.59. The third-order valence-corrected chi connectivity index (χ3v) is 5.25. The fraction of sp³-hybridized carbons (Fsp3) is 0.389. The number of piperidine rings is 1. The molecule has 2 aliphatic heterocycles. The number of Topliss-reactive ketones (excluding diaryl/α,β-unsaturated/α-hetero) is 1. The van der Waals surface area contributed by atoms with E-state index in [0.29, 0.717) is 29.1 Å². The van der Waals surface area contributed by atoms with Crippen molar-refractivity contribution in [2.75, 3.05) is 0 Å². The van der Waals surface area contributed by atoms with Crippen LogP contribution in [0.25, 0.3) is 5.69 Å². The largest absolute Gasteiger partial charge is 0.332 e. The molecule has 124 valence electrons. The first-order valence-corrected chi connectivity index (χ1v) is 8.57. The molecule has 3 heterocycles. The van der Waals surface area contributed by atoms with Crippen LogP contribution in [-0.2, 0) is 4.79 Å². The predicted octanol–water partition coefficient (Wildman–Crippen LogP) is 3.17. The maximum absolute atomic E-state index is 13.0. The van der Waals surface area contributed by atoms with E-state index in [-0.39, 0.29) is 23.8 Å². The zero-order chi connectivity index (χ0) is 16.8. The van der Waals surface area contributed by atoms with Gasteiger partial charge in [-0.05, 0) is 44.0 Å². The van der Waals surface area contributed by atoms with Crippen LogP contribution in [0.4, 0.5) is 0 Å². The number of carbonyl (C=O) groups excluding carboxylic acids is 2. The van der Waals surface area contributed by atoms with Crippen LogP contribution >= 0.6 is 11.6 Å². The Hall–Kier alpha value is -2.14. The van der Waals surface area contributed by atoms with E-state index in [4.69, 9.17) is 11.6 Å². The van der Waals surface area contributed by atoms with Gasteiger partial charge in [-0.25, -0.2) is 4.68 Å². The average molecular weight is 344 g/mol. The molecule has 2 saturated heterocycles. The minimum atomic E-state index is -0.00675. The zero-order valence-electron chi connectivity index (χ0n) is 13.4. The van der Waals surface area contributed by atoms with Crippen molar-refractivity contribution >= 4 is 23.3 Å². The summed E-state index contributed by atoms with van der Waals surface area (Å²) in [4.78, 5) is 26.7. The number of amides is 1. The molecule has 2 fully saturated rings. The summed E-state index contributed by atoms with van der Waals surface area (Å²) in [6.07, 6.45) is 4.61. The summed E-state index contributed by atoms with van der Waals surface area (Å²) in [5, 5.41) is 5.13. The molecule has 2 unspecified atom stereocenters. The standard InChI is InChI=1S/C18H18ClN3O2/c1-11-17(10-21(20-11)13-4-2-12(19)3-5-13)18(24)22-14-6-7-15(22)9-16(23)8-14/h2-5,10,14-15H,6-9H2,1H3. The van der Waals surface area contributed by atoms with E-state index in [1.54, 1.807) is 23.0 Å². The van der Waals surface area contributed by atoms with Gasteiger partial charge >= 0.3 is 0 Å². The summed E-state index contributed by atoms with van der Waals surface area (Å²) in [6.45, 7) is 1.84. The highest BCUT2D eigenvalue weighted by molar-refractivity contribution is 6.30. The van der Waals surface area contributed by atoms with Crippen LogP contribution in [0.2, 0.25) is 5.02 Å². The number of nitrogens with zero attached hydrogens (tertiary/aromatic N) is 3. The molecule has 2 aromatic rings. The molecule has 0 spiro atoms. The van der Waals surface area contributed by atoms with Crippen molar-refractivity contribution in [2.24, 2.45) is 0 Å². The first-order chi connectivity index (χ1) is 11.5. The molecule has 0 saturated carbocycles. The highest BCUT2D eigenvalue weighted by atomic mass is 35.5. The minimum absolute atomic E-state index is 0.00675. The number of rotatable bonds is 2. The van der Waals surface area contributed by atoms with Gasteiger partial charge in [0.25, 0.3) is 5.91 Å². The Labute approximate surface area is 145 Å². The molecule has 2 aliphatic rings. The van der Waals surface area contributed by atoms with Crippen LogP contribution in [0.5, 0.6) is 0 Å². The Kier molecular flexibility index (Phi) is 3.68. The number of halogens is 1. The van der Waals surface area contributed by atoms with Crippen LogP contribution in [0.3, 0.4) is 0 Å². The normalized spacial score (nSPS) is 22.9. The van der Waals surface area contributed by atoms with Crippen LogP contribution in [-0.4, -0.2) is 38.5 Å². The van der Waals surface area contributed by atoms with Crippen LogP contribution < -0.4 is 0 Å². The first kappa shape index (κ1) is 15.4. The van der Waals surface area contributed by atoms with E-state index < -0.39 is 0 Å². The lowest BCUT2D eigenvalue weighted by molar-refractivity contribution is -0.122. The highest BCUT2D eigenvalue weighted by Crippen LogP contribution is 2.35. The lowest BCUT2D eigenvalue weighted by Crippen LogP contribution is -2.46. The van der Waals surface area contributed by atoms with Crippen molar-refractivity contribution in [2.45, 2.75) is 44.7 Å². The molecule has 0 aliphatic carbocycles. The molecule has 0 radical (unpaired) electrons. The number of aryl methyl sites for hydroxylation is 1. The summed E-state index contributed by atoms with van der Waals surface area (Å²) >= 11 is 5.92. The lowest BCUT2D eigenvalue weighted by Gasteiger charge is -2.33. The summed E-state index contributed by atoms with van der Waals surface area (Å²) in [7, 11) is 0. The van der Waals surface area contributed by atoms with Crippen molar-refractivity contribution in [1.29, 1.82) is 0 Å². The molecule has 6 heteroatoms. The summed E-state index contributed by atoms with van der Waals surface area (Å²) < 4.78 is 1.70. The number of hydrogen-bond donors (Lipinski definition) is 0. The molecular formula is C18H18ClN3O2. The smallest absolute Gasteiger partial charge is 0.257 e. The van der Waals surface area contributed by atoms with Gasteiger partial charge in [0.05, 0.1) is 16.9 Å². The first-order valence-electron chi connectivity index (χ1n) is 8.19. The molecule has 1 aromatic heterocycles. The lowest BCUT2D eigenvalue weighted by atomic mass is 10.0. The van der Waals surface area contributed by atoms with E-state index >= 15 is 0 Å². The van der Waals surface area contributed by atoms with Gasteiger partial charge < -0.3 is 4.90 Å². The Morgan fingerprint density at radius 2 is 1.79 bits per heavy atom. The minimum Gasteiger partial charge on any atom is -0.332 e. The second-order valence-corrected chi connectivity index (χ2v) is 7.03. The van der Waals surface area contributed by atoms with E-state index in [2.05, 4.69) is 5.10 Å². The Bertz CT molecular complexity index is 796. The summed E-state index contributed by atoms with van der Waals surface area (Å²) in [5.74, 6) is 0.271. The van der Waals surface area contributed by atoms with Gasteiger partial charge in [0.1, 0.15) is 5.78 Å². The van der Waals surface area contributed by atoms with Gasteiger partial charge in [-0.1, -0.05) is 11.6 Å². The fourth-order valence-electron chi connectivity index (χ4n) is 3.84. The quantitative estimate of drug-likeness (QED) is 0.841. The SMILES string of the molecule is Cc1nn(-c2ccc(Cl)cc2)cc1C(=O)N1C2CCC1CC(=O)C2. The molecule has 2 bridgehead atoms. The summed E-state index contributed by atoms with van der Waals surface area (Å²) in [6, 6.07) is 7.44. The number of aromatic nitrogens is 2. The zero-order valence-corrected chi connectivity index (χ0v) is 14.2. The van der Waals surface area contributed by atoms with Gasteiger partial charge in [-0.3, -0.25) is 9.59 Å². The molecule has 0 N–H and O–H groups in total. The molecule has 5 nitrogen and oxygen atoms in total. The third kappa shape index (κ3) is 2.53. The Morgan fingerprint density at radius 3 is 2.42 bits per heavy atom. The van der Waals surface area contributed by atoms with Crippen LogP contribution in [0, 0.1) is 6.92 Å². The second kappa shape index (κ2) is 5.74. The molecule has 4 rings (SSSR count). The van der Waals surface area contributed by atoms with Gasteiger partial charge in [-0.2, -0.15) is 5.10 Å². The maximum Gasteiger partial charge on any atom is 0.257 e. The molecule has 2 atom stereocenters. The van der Waals surface area contributed by atoms with Crippen LogP contribution in [0.1, 0.15) is 41.7 Å². The summed E-state index contributed by atoms with van der Waals surface area (Å²) in [5.41, 5.74) is 2.17. The van der Waals surface area contributed by atoms with E-state index in [1.165, 1.54) is 0 Å². The van der Waals surface area contributed by atoms with Gasteiger partial charge in [-0.15, -0.1) is 0 Å². The topological polar surface area (TPSA) is 55.2 Å². The van der Waals surface area contributed by atoms with Gasteiger partial charge in [0.15, 0.2) is 0 Å². The number of ketones is 1. The third-order valence-electron chi connectivity index (χ3n) is 5.00. The average Bonchev–Trinajstić information content (AvgIpc) is 3.06. The fourth-order valence-corrected chi connectivity index (χ4v) is 3.96. The Morgan fingerprint density at radius 1 is 1.17 bits per heavy atom. The van der Waals surface area contributed by atoms with Gasteiger partial charge in [0, 0.05) is 36.1 Å². The highest BCUT2D eigenvalue weighted by Gasteiger charge is 2.43. The number of fused-ring (bicyclic) bond motifs is 2.